The number of halogens is 1. The lowest BCUT2D eigenvalue weighted by molar-refractivity contribution is 0.00359. The van der Waals surface area contributed by atoms with Gasteiger partial charge in [-0.1, -0.05) is 23.7 Å². The van der Waals surface area contributed by atoms with Crippen LogP contribution >= 0.6 is 11.6 Å². The fraction of sp³-hybridized carbons (Fsp3) is 0.263. The van der Waals surface area contributed by atoms with E-state index in [4.69, 9.17) is 16.3 Å². The van der Waals surface area contributed by atoms with E-state index in [0.717, 1.165) is 0 Å². The van der Waals surface area contributed by atoms with Crippen LogP contribution in [0, 0.1) is 0 Å². The molecule has 0 aromatic heterocycles. The van der Waals surface area contributed by atoms with Crippen LogP contribution in [0.1, 0.15) is 27.6 Å². The molecule has 1 heterocycles. The fourth-order valence-corrected chi connectivity index (χ4v) is 2.95. The van der Waals surface area contributed by atoms with Crippen LogP contribution in [0.2, 0.25) is 5.02 Å². The van der Waals surface area contributed by atoms with E-state index in [9.17, 15) is 9.59 Å². The van der Waals surface area contributed by atoms with Crippen LogP contribution in [0.4, 0.5) is 5.69 Å². The lowest BCUT2D eigenvalue weighted by Gasteiger charge is -2.33. The SMILES string of the molecule is CC1COCCN1C(=O)c1cccc(NC(=O)c2cccc(Cl)c2)c1. The average Bonchev–Trinajstić information content (AvgIpc) is 2.62. The molecule has 3 rings (SSSR count). The molecule has 1 saturated heterocycles. The Morgan fingerprint density at radius 1 is 1.16 bits per heavy atom. The minimum absolute atomic E-state index is 0.0333. The van der Waals surface area contributed by atoms with Crippen LogP contribution in [0.25, 0.3) is 0 Å². The Bertz CT molecular complexity index is 794. The number of hydrogen-bond acceptors (Lipinski definition) is 3. The zero-order valence-corrected chi connectivity index (χ0v) is 14.6. The lowest BCUT2D eigenvalue weighted by atomic mass is 10.1. The van der Waals surface area contributed by atoms with Gasteiger partial charge in [-0.15, -0.1) is 0 Å². The van der Waals surface area contributed by atoms with Crippen LogP contribution in [0.5, 0.6) is 0 Å². The van der Waals surface area contributed by atoms with Crippen molar-refractivity contribution in [2.45, 2.75) is 13.0 Å². The van der Waals surface area contributed by atoms with E-state index >= 15 is 0 Å². The summed E-state index contributed by atoms with van der Waals surface area (Å²) in [4.78, 5) is 26.8. The van der Waals surface area contributed by atoms with Gasteiger partial charge in [-0.05, 0) is 43.3 Å². The highest BCUT2D eigenvalue weighted by Crippen LogP contribution is 2.18. The van der Waals surface area contributed by atoms with E-state index in [1.54, 1.807) is 53.4 Å². The number of nitrogens with zero attached hydrogens (tertiary/aromatic N) is 1. The highest BCUT2D eigenvalue weighted by atomic mass is 35.5. The third-order valence-corrected chi connectivity index (χ3v) is 4.32. The maximum absolute atomic E-state index is 12.7. The summed E-state index contributed by atoms with van der Waals surface area (Å²) in [5, 5.41) is 3.30. The van der Waals surface area contributed by atoms with E-state index < -0.39 is 0 Å². The first kappa shape index (κ1) is 17.5. The number of amides is 2. The molecule has 2 aromatic carbocycles. The first-order valence-electron chi connectivity index (χ1n) is 8.10. The molecule has 0 spiro atoms. The molecule has 1 N–H and O–H groups in total. The molecule has 130 valence electrons. The Labute approximate surface area is 151 Å². The highest BCUT2D eigenvalue weighted by Gasteiger charge is 2.24. The van der Waals surface area contributed by atoms with Crippen LogP contribution in [0.3, 0.4) is 0 Å². The second-order valence-corrected chi connectivity index (χ2v) is 6.40. The molecule has 1 aliphatic heterocycles. The van der Waals surface area contributed by atoms with E-state index in [2.05, 4.69) is 5.32 Å². The van der Waals surface area contributed by atoms with Crippen LogP contribution < -0.4 is 5.32 Å². The molecular weight excluding hydrogens is 340 g/mol. The number of rotatable bonds is 3. The third-order valence-electron chi connectivity index (χ3n) is 4.08. The Morgan fingerprint density at radius 2 is 1.92 bits per heavy atom. The molecule has 5 nitrogen and oxygen atoms in total. The second-order valence-electron chi connectivity index (χ2n) is 5.97. The standard InChI is InChI=1S/C19H19ClN2O3/c1-13-12-25-9-8-22(13)19(24)15-5-3-7-17(11-15)21-18(23)14-4-2-6-16(20)10-14/h2-7,10-11,13H,8-9,12H2,1H3,(H,21,23). The smallest absolute Gasteiger partial charge is 0.255 e. The number of nitrogens with one attached hydrogen (secondary N) is 1. The molecular formula is C19H19ClN2O3. The van der Waals surface area contributed by atoms with Gasteiger partial charge in [0.1, 0.15) is 0 Å². The quantitative estimate of drug-likeness (QED) is 0.914. The summed E-state index contributed by atoms with van der Waals surface area (Å²) in [5.74, 6) is -0.332. The monoisotopic (exact) mass is 358 g/mol. The Morgan fingerprint density at radius 3 is 2.68 bits per heavy atom. The predicted molar refractivity (Wildman–Crippen MR) is 97.2 cm³/mol. The van der Waals surface area contributed by atoms with Gasteiger partial charge >= 0.3 is 0 Å². The lowest BCUT2D eigenvalue weighted by Crippen LogP contribution is -2.47. The van der Waals surface area contributed by atoms with Crippen molar-refractivity contribution in [2.24, 2.45) is 0 Å². The average molecular weight is 359 g/mol. The molecule has 2 amide bonds. The Hall–Kier alpha value is -2.37. The number of carbonyl (C=O) groups is 2. The first-order valence-corrected chi connectivity index (χ1v) is 8.48. The van der Waals surface area contributed by atoms with Crippen LogP contribution in [0.15, 0.2) is 48.5 Å². The van der Waals surface area contributed by atoms with Gasteiger partial charge in [0, 0.05) is 28.4 Å². The minimum Gasteiger partial charge on any atom is -0.377 e. The van der Waals surface area contributed by atoms with E-state index in [-0.39, 0.29) is 17.9 Å². The third kappa shape index (κ3) is 4.18. The summed E-state index contributed by atoms with van der Waals surface area (Å²) in [5.41, 5.74) is 1.57. The Balaban J connectivity index is 1.75. The molecule has 0 bridgehead atoms. The van der Waals surface area contributed by atoms with E-state index in [1.165, 1.54) is 0 Å². The van der Waals surface area contributed by atoms with Crippen molar-refractivity contribution in [2.75, 3.05) is 25.1 Å². The maximum atomic E-state index is 12.7. The summed E-state index contributed by atoms with van der Waals surface area (Å²) in [6.45, 7) is 3.61. The fourth-order valence-electron chi connectivity index (χ4n) is 2.76. The maximum Gasteiger partial charge on any atom is 0.255 e. The summed E-state index contributed by atoms with van der Waals surface area (Å²) < 4.78 is 5.37. The van der Waals surface area contributed by atoms with Crippen LogP contribution in [-0.4, -0.2) is 42.5 Å². The van der Waals surface area contributed by atoms with Gasteiger partial charge in [0.2, 0.25) is 0 Å². The molecule has 2 aromatic rings. The van der Waals surface area contributed by atoms with E-state index in [0.29, 0.717) is 41.6 Å². The van der Waals surface area contributed by atoms with Crippen molar-refractivity contribution in [1.29, 1.82) is 0 Å². The van der Waals surface area contributed by atoms with Crippen LogP contribution in [-0.2, 0) is 4.74 Å². The van der Waals surface area contributed by atoms with Crippen molar-refractivity contribution < 1.29 is 14.3 Å². The number of anilines is 1. The molecule has 1 aliphatic rings. The molecule has 0 saturated carbocycles. The Kier molecular flexibility index (Phi) is 5.36. The first-order chi connectivity index (χ1) is 12.0. The van der Waals surface area contributed by atoms with Crippen molar-refractivity contribution >= 4 is 29.1 Å². The zero-order valence-electron chi connectivity index (χ0n) is 13.9. The van der Waals surface area contributed by atoms with Crippen molar-refractivity contribution in [3.05, 3.63) is 64.7 Å². The zero-order chi connectivity index (χ0) is 17.8. The van der Waals surface area contributed by atoms with Gasteiger partial charge in [-0.2, -0.15) is 0 Å². The molecule has 0 radical (unpaired) electrons. The van der Waals surface area contributed by atoms with Gasteiger partial charge in [0.05, 0.1) is 19.3 Å². The summed E-state index contributed by atoms with van der Waals surface area (Å²) in [6, 6.07) is 13.7. The number of morpholine rings is 1. The molecule has 0 aliphatic carbocycles. The summed E-state index contributed by atoms with van der Waals surface area (Å²) in [7, 11) is 0. The molecule has 25 heavy (non-hydrogen) atoms. The molecule has 1 unspecified atom stereocenters. The number of hydrogen-bond donors (Lipinski definition) is 1. The predicted octanol–water partition coefficient (Wildman–Crippen LogP) is 3.45. The van der Waals surface area contributed by atoms with Crippen molar-refractivity contribution in [3.63, 3.8) is 0 Å². The van der Waals surface area contributed by atoms with Gasteiger partial charge in [0.25, 0.3) is 11.8 Å². The van der Waals surface area contributed by atoms with Gasteiger partial charge in [-0.25, -0.2) is 0 Å². The summed E-state index contributed by atoms with van der Waals surface area (Å²) >= 11 is 5.92. The molecule has 1 atom stereocenters. The second kappa shape index (κ2) is 7.68. The highest BCUT2D eigenvalue weighted by molar-refractivity contribution is 6.31. The number of ether oxygens (including phenoxy) is 1. The largest absolute Gasteiger partial charge is 0.377 e. The number of benzene rings is 2. The summed E-state index contributed by atoms with van der Waals surface area (Å²) in [6.07, 6.45) is 0. The van der Waals surface area contributed by atoms with Gasteiger partial charge in [0.15, 0.2) is 0 Å². The van der Waals surface area contributed by atoms with Gasteiger partial charge < -0.3 is 15.0 Å². The molecule has 6 heteroatoms. The molecule has 1 fully saturated rings. The number of carbonyl (C=O) groups excluding carboxylic acids is 2. The normalized spacial score (nSPS) is 17.2. The van der Waals surface area contributed by atoms with Crippen molar-refractivity contribution in [3.8, 4) is 0 Å². The van der Waals surface area contributed by atoms with Crippen molar-refractivity contribution in [1.82, 2.24) is 4.90 Å². The van der Waals surface area contributed by atoms with Gasteiger partial charge in [-0.3, -0.25) is 9.59 Å². The minimum atomic E-state index is -0.271. The van der Waals surface area contributed by atoms with E-state index in [1.807, 2.05) is 6.92 Å². The topological polar surface area (TPSA) is 58.6 Å².